The zero-order valence-electron chi connectivity index (χ0n) is 14.2. The SMILES string of the molecule is O=S(=O)(N[C@H]1c2ccccc2CC[C@H]1n1ccnc1)c1ccc(F)c(Cl)c1. The summed E-state index contributed by atoms with van der Waals surface area (Å²) in [4.78, 5) is 4.02. The van der Waals surface area contributed by atoms with Crippen LogP contribution in [0.1, 0.15) is 29.6 Å². The third-order valence-corrected chi connectivity index (χ3v) is 6.60. The Morgan fingerprint density at radius 3 is 2.78 bits per heavy atom. The van der Waals surface area contributed by atoms with Gasteiger partial charge in [-0.05, 0) is 42.2 Å². The molecule has 140 valence electrons. The fraction of sp³-hybridized carbons (Fsp3) is 0.211. The van der Waals surface area contributed by atoms with Gasteiger partial charge in [0.25, 0.3) is 0 Å². The normalized spacial score (nSPS) is 19.6. The van der Waals surface area contributed by atoms with Gasteiger partial charge in [-0.25, -0.2) is 22.5 Å². The van der Waals surface area contributed by atoms with E-state index in [1.807, 2.05) is 35.0 Å². The highest BCUT2D eigenvalue weighted by atomic mass is 35.5. The number of sulfonamides is 1. The van der Waals surface area contributed by atoms with Gasteiger partial charge in [0.15, 0.2) is 0 Å². The minimum absolute atomic E-state index is 0.0682. The second-order valence-electron chi connectivity index (χ2n) is 6.49. The van der Waals surface area contributed by atoms with Crippen molar-refractivity contribution in [1.29, 1.82) is 0 Å². The molecule has 0 radical (unpaired) electrons. The smallest absolute Gasteiger partial charge is 0.241 e. The molecule has 1 heterocycles. The number of nitrogens with zero attached hydrogens (tertiary/aromatic N) is 2. The summed E-state index contributed by atoms with van der Waals surface area (Å²) in [5, 5.41) is -0.229. The summed E-state index contributed by atoms with van der Waals surface area (Å²) < 4.78 is 44.1. The fourth-order valence-corrected chi connectivity index (χ4v) is 5.07. The lowest BCUT2D eigenvalue weighted by molar-refractivity contribution is 0.348. The van der Waals surface area contributed by atoms with Crippen LogP contribution >= 0.6 is 11.6 Å². The second-order valence-corrected chi connectivity index (χ2v) is 8.61. The molecule has 0 unspecified atom stereocenters. The Labute approximate surface area is 161 Å². The molecule has 0 saturated carbocycles. The first-order chi connectivity index (χ1) is 13.0. The Bertz CT molecular complexity index is 1070. The second kappa shape index (κ2) is 7.07. The molecule has 3 aromatic rings. The van der Waals surface area contributed by atoms with E-state index < -0.39 is 21.9 Å². The Hall–Kier alpha value is -2.22. The zero-order valence-corrected chi connectivity index (χ0v) is 15.8. The summed E-state index contributed by atoms with van der Waals surface area (Å²) >= 11 is 5.77. The Balaban J connectivity index is 1.75. The molecular weight excluding hydrogens is 389 g/mol. The number of benzene rings is 2. The average Bonchev–Trinajstić information content (AvgIpc) is 3.18. The average molecular weight is 406 g/mol. The van der Waals surface area contributed by atoms with Gasteiger partial charge < -0.3 is 4.57 Å². The van der Waals surface area contributed by atoms with Crippen LogP contribution in [0, 0.1) is 5.82 Å². The monoisotopic (exact) mass is 405 g/mol. The first-order valence-corrected chi connectivity index (χ1v) is 10.3. The van der Waals surface area contributed by atoms with E-state index in [0.717, 1.165) is 36.1 Å². The number of aromatic nitrogens is 2. The Morgan fingerprint density at radius 1 is 1.22 bits per heavy atom. The van der Waals surface area contributed by atoms with E-state index in [-0.39, 0.29) is 16.0 Å². The number of rotatable bonds is 4. The molecule has 0 saturated heterocycles. The number of aryl methyl sites for hydroxylation is 1. The summed E-state index contributed by atoms with van der Waals surface area (Å²) in [7, 11) is -3.90. The van der Waals surface area contributed by atoms with Crippen molar-refractivity contribution in [3.05, 3.63) is 83.2 Å². The molecule has 0 bridgehead atoms. The van der Waals surface area contributed by atoms with Crippen LogP contribution in [0.15, 0.2) is 66.1 Å². The number of fused-ring (bicyclic) bond motifs is 1. The van der Waals surface area contributed by atoms with Crippen molar-refractivity contribution in [2.75, 3.05) is 0 Å². The summed E-state index contributed by atoms with van der Waals surface area (Å²) in [5.41, 5.74) is 2.04. The van der Waals surface area contributed by atoms with Crippen LogP contribution < -0.4 is 4.72 Å². The molecule has 5 nitrogen and oxygen atoms in total. The minimum Gasteiger partial charge on any atom is -0.332 e. The molecule has 4 rings (SSSR count). The molecule has 0 aliphatic heterocycles. The fourth-order valence-electron chi connectivity index (χ4n) is 3.55. The number of hydrogen-bond donors (Lipinski definition) is 1. The lowest BCUT2D eigenvalue weighted by Gasteiger charge is -2.34. The van der Waals surface area contributed by atoms with Crippen LogP contribution in [0.4, 0.5) is 4.39 Å². The summed E-state index contributed by atoms with van der Waals surface area (Å²) in [6, 6.07) is 10.6. The maximum atomic E-state index is 13.4. The molecular formula is C19H17ClFN3O2S. The van der Waals surface area contributed by atoms with E-state index in [1.54, 1.807) is 12.5 Å². The van der Waals surface area contributed by atoms with Crippen LogP contribution in [0.25, 0.3) is 0 Å². The minimum atomic E-state index is -3.90. The van der Waals surface area contributed by atoms with Crippen LogP contribution in [0.5, 0.6) is 0 Å². The molecule has 1 aliphatic carbocycles. The molecule has 2 atom stereocenters. The maximum Gasteiger partial charge on any atom is 0.241 e. The molecule has 0 spiro atoms. The third-order valence-electron chi connectivity index (χ3n) is 4.88. The third kappa shape index (κ3) is 3.50. The van der Waals surface area contributed by atoms with Crippen molar-refractivity contribution >= 4 is 21.6 Å². The maximum absolute atomic E-state index is 13.4. The molecule has 8 heteroatoms. The van der Waals surface area contributed by atoms with Gasteiger partial charge >= 0.3 is 0 Å². The van der Waals surface area contributed by atoms with Gasteiger partial charge in [0.05, 0.1) is 28.3 Å². The molecule has 2 aromatic carbocycles. The van der Waals surface area contributed by atoms with Crippen molar-refractivity contribution in [3.63, 3.8) is 0 Å². The van der Waals surface area contributed by atoms with E-state index in [1.165, 1.54) is 6.07 Å². The number of hydrogen-bond acceptors (Lipinski definition) is 3. The molecule has 0 fully saturated rings. The predicted octanol–water partition coefficient (Wildman–Crippen LogP) is 3.88. The van der Waals surface area contributed by atoms with Crippen molar-refractivity contribution in [3.8, 4) is 0 Å². The molecule has 0 amide bonds. The Kier molecular flexibility index (Phi) is 4.75. The van der Waals surface area contributed by atoms with Gasteiger partial charge in [-0.15, -0.1) is 0 Å². The quantitative estimate of drug-likeness (QED) is 0.716. The van der Waals surface area contributed by atoms with Crippen LogP contribution in [0.3, 0.4) is 0 Å². The first kappa shape index (κ1) is 18.2. The molecule has 1 aromatic heterocycles. The first-order valence-electron chi connectivity index (χ1n) is 8.48. The predicted molar refractivity (Wildman–Crippen MR) is 100 cm³/mol. The Morgan fingerprint density at radius 2 is 2.04 bits per heavy atom. The van der Waals surface area contributed by atoms with E-state index in [4.69, 9.17) is 11.6 Å². The van der Waals surface area contributed by atoms with Gasteiger partial charge in [-0.1, -0.05) is 35.9 Å². The molecule has 27 heavy (non-hydrogen) atoms. The topological polar surface area (TPSA) is 64.0 Å². The standard InChI is InChI=1S/C19H17ClFN3O2S/c20-16-11-14(6-7-17(16)21)27(25,26)23-19-15-4-2-1-3-13(15)5-8-18(19)24-10-9-22-12-24/h1-4,6-7,9-12,18-19,23H,5,8H2/t18-,19+/m1/s1. The summed E-state index contributed by atoms with van der Waals surface area (Å²) in [5.74, 6) is -0.657. The van der Waals surface area contributed by atoms with Crippen molar-refractivity contribution < 1.29 is 12.8 Å². The highest BCUT2D eigenvalue weighted by molar-refractivity contribution is 7.89. The van der Waals surface area contributed by atoms with Crippen molar-refractivity contribution in [2.45, 2.75) is 29.8 Å². The van der Waals surface area contributed by atoms with Gasteiger partial charge in [0.2, 0.25) is 10.0 Å². The largest absolute Gasteiger partial charge is 0.332 e. The lowest BCUT2D eigenvalue weighted by Crippen LogP contribution is -2.37. The number of imidazole rings is 1. The van der Waals surface area contributed by atoms with E-state index in [9.17, 15) is 12.8 Å². The molecule has 1 N–H and O–H groups in total. The number of nitrogens with one attached hydrogen (secondary N) is 1. The van der Waals surface area contributed by atoms with E-state index in [0.29, 0.717) is 0 Å². The summed E-state index contributed by atoms with van der Waals surface area (Å²) in [6.07, 6.45) is 6.81. The number of halogens is 2. The highest BCUT2D eigenvalue weighted by Crippen LogP contribution is 2.38. The van der Waals surface area contributed by atoms with Crippen LogP contribution in [-0.2, 0) is 16.4 Å². The van der Waals surface area contributed by atoms with Gasteiger partial charge in [-0.2, -0.15) is 0 Å². The highest BCUT2D eigenvalue weighted by Gasteiger charge is 2.34. The van der Waals surface area contributed by atoms with E-state index in [2.05, 4.69) is 9.71 Å². The van der Waals surface area contributed by atoms with Crippen LogP contribution in [0.2, 0.25) is 5.02 Å². The zero-order chi connectivity index (χ0) is 19.0. The van der Waals surface area contributed by atoms with Gasteiger partial charge in [0, 0.05) is 12.4 Å². The van der Waals surface area contributed by atoms with Gasteiger partial charge in [0.1, 0.15) is 5.82 Å². The lowest BCUT2D eigenvalue weighted by atomic mass is 9.84. The summed E-state index contributed by atoms with van der Waals surface area (Å²) in [6.45, 7) is 0. The van der Waals surface area contributed by atoms with E-state index >= 15 is 0 Å². The van der Waals surface area contributed by atoms with Crippen molar-refractivity contribution in [2.24, 2.45) is 0 Å². The van der Waals surface area contributed by atoms with Crippen molar-refractivity contribution in [1.82, 2.24) is 14.3 Å². The molecule has 1 aliphatic rings. The van der Waals surface area contributed by atoms with Crippen LogP contribution in [-0.4, -0.2) is 18.0 Å². The van der Waals surface area contributed by atoms with Gasteiger partial charge in [-0.3, -0.25) is 0 Å².